The summed E-state index contributed by atoms with van der Waals surface area (Å²) in [6.45, 7) is 5.95. The van der Waals surface area contributed by atoms with Crippen molar-refractivity contribution in [2.45, 2.75) is 38.6 Å². The lowest BCUT2D eigenvalue weighted by molar-refractivity contribution is -0.138. The first-order chi connectivity index (χ1) is 7.23. The summed E-state index contributed by atoms with van der Waals surface area (Å²) in [6.07, 6.45) is 0.101. The Morgan fingerprint density at radius 1 is 1.56 bits per heavy atom. The van der Waals surface area contributed by atoms with Gasteiger partial charge < -0.3 is 15.9 Å². The van der Waals surface area contributed by atoms with Gasteiger partial charge in [-0.2, -0.15) is 4.37 Å². The first-order valence-electron chi connectivity index (χ1n) is 4.90. The topological polar surface area (TPSA) is 96.4 Å². The van der Waals surface area contributed by atoms with E-state index in [4.69, 9.17) is 10.8 Å². The van der Waals surface area contributed by atoms with Gasteiger partial charge in [-0.15, -0.1) is 0 Å². The van der Waals surface area contributed by atoms with Crippen LogP contribution in [0.4, 0.5) is 0 Å². The second-order valence-electron chi connectivity index (χ2n) is 4.71. The van der Waals surface area contributed by atoms with Gasteiger partial charge in [0.15, 0.2) is 0 Å². The quantitative estimate of drug-likeness (QED) is 0.740. The Morgan fingerprint density at radius 3 is 2.56 bits per heavy atom. The van der Waals surface area contributed by atoms with Gasteiger partial charge in [-0.25, -0.2) is 0 Å². The minimum absolute atomic E-state index is 0.101. The van der Waals surface area contributed by atoms with Crippen LogP contribution in [-0.2, 0) is 16.6 Å². The highest BCUT2D eigenvalue weighted by Crippen LogP contribution is 2.35. The van der Waals surface area contributed by atoms with Crippen molar-refractivity contribution in [2.24, 2.45) is 5.73 Å². The van der Waals surface area contributed by atoms with Crippen molar-refractivity contribution in [3.8, 4) is 5.88 Å². The number of nitrogens with zero attached hydrogens (tertiary/aromatic N) is 1. The second-order valence-corrected chi connectivity index (χ2v) is 5.49. The number of carboxylic acids is 1. The molecule has 0 fully saturated rings. The van der Waals surface area contributed by atoms with Gasteiger partial charge in [0.2, 0.25) is 5.88 Å². The molecule has 0 saturated carbocycles. The lowest BCUT2D eigenvalue weighted by atomic mass is 9.90. The number of carbonyl (C=O) groups is 1. The lowest BCUT2D eigenvalue weighted by Crippen LogP contribution is -2.32. The summed E-state index contributed by atoms with van der Waals surface area (Å²) >= 11 is 1.19. The molecule has 0 radical (unpaired) electrons. The van der Waals surface area contributed by atoms with Gasteiger partial charge in [-0.05, 0) is 16.9 Å². The van der Waals surface area contributed by atoms with E-state index in [0.29, 0.717) is 5.56 Å². The molecule has 0 unspecified atom stereocenters. The van der Waals surface area contributed by atoms with Crippen molar-refractivity contribution in [3.05, 3.63) is 10.4 Å². The molecule has 1 aromatic rings. The van der Waals surface area contributed by atoms with Crippen LogP contribution in [0.5, 0.6) is 5.88 Å². The number of hydrogen-bond acceptors (Lipinski definition) is 5. The summed E-state index contributed by atoms with van der Waals surface area (Å²) in [7, 11) is 0. The van der Waals surface area contributed by atoms with Crippen molar-refractivity contribution in [3.63, 3.8) is 0 Å². The third-order valence-electron chi connectivity index (χ3n) is 2.19. The summed E-state index contributed by atoms with van der Waals surface area (Å²) in [5.41, 5.74) is 5.83. The van der Waals surface area contributed by atoms with E-state index in [-0.39, 0.29) is 17.7 Å². The highest BCUT2D eigenvalue weighted by atomic mass is 32.1. The summed E-state index contributed by atoms with van der Waals surface area (Å²) in [6, 6.07) is -1.01. The third kappa shape index (κ3) is 2.70. The molecule has 0 aliphatic heterocycles. The van der Waals surface area contributed by atoms with Gasteiger partial charge in [0.1, 0.15) is 6.04 Å². The average Bonchev–Trinajstić information content (AvgIpc) is 2.47. The summed E-state index contributed by atoms with van der Waals surface area (Å²) < 4.78 is 3.84. The minimum atomic E-state index is -1.08. The molecule has 1 aromatic heterocycles. The maximum atomic E-state index is 10.7. The fourth-order valence-electron chi connectivity index (χ4n) is 1.38. The lowest BCUT2D eigenvalue weighted by Gasteiger charge is -2.18. The van der Waals surface area contributed by atoms with E-state index in [1.165, 1.54) is 11.5 Å². The zero-order valence-corrected chi connectivity index (χ0v) is 10.3. The van der Waals surface area contributed by atoms with Crippen LogP contribution in [-0.4, -0.2) is 26.6 Å². The number of carboxylic acid groups (broad SMARTS) is 1. The molecule has 90 valence electrons. The van der Waals surface area contributed by atoms with Gasteiger partial charge in [0.25, 0.3) is 0 Å². The molecule has 4 N–H and O–H groups in total. The molecule has 0 amide bonds. The van der Waals surface area contributed by atoms with E-state index in [1.54, 1.807) is 0 Å². The Labute approximate surface area is 98.1 Å². The number of hydrogen-bond donors (Lipinski definition) is 3. The predicted molar refractivity (Wildman–Crippen MR) is 61.8 cm³/mol. The molecule has 0 spiro atoms. The molecule has 1 atom stereocenters. The van der Waals surface area contributed by atoms with Crippen LogP contribution in [0.2, 0.25) is 0 Å². The van der Waals surface area contributed by atoms with Crippen molar-refractivity contribution < 1.29 is 15.0 Å². The number of aromatic hydroxyl groups is 1. The first-order valence-corrected chi connectivity index (χ1v) is 5.67. The van der Waals surface area contributed by atoms with E-state index in [1.807, 2.05) is 20.8 Å². The predicted octanol–water partition coefficient (Wildman–Crippen LogP) is 1.10. The van der Waals surface area contributed by atoms with Crippen LogP contribution >= 0.6 is 11.5 Å². The van der Waals surface area contributed by atoms with Crippen LogP contribution in [0.15, 0.2) is 0 Å². The molecule has 1 heterocycles. The monoisotopic (exact) mass is 244 g/mol. The first kappa shape index (κ1) is 12.9. The van der Waals surface area contributed by atoms with Crippen molar-refractivity contribution in [1.29, 1.82) is 0 Å². The van der Waals surface area contributed by atoms with E-state index in [0.717, 1.165) is 4.88 Å². The van der Waals surface area contributed by atoms with Crippen LogP contribution in [0.1, 0.15) is 31.2 Å². The van der Waals surface area contributed by atoms with Gasteiger partial charge in [0.05, 0.1) is 0 Å². The zero-order chi connectivity index (χ0) is 12.5. The molecule has 0 saturated heterocycles. The molecule has 0 bridgehead atoms. The third-order valence-corrected chi connectivity index (χ3v) is 3.50. The van der Waals surface area contributed by atoms with Crippen molar-refractivity contribution in [2.75, 3.05) is 0 Å². The maximum absolute atomic E-state index is 10.7. The fraction of sp³-hybridized carbons (Fsp3) is 0.600. The summed E-state index contributed by atoms with van der Waals surface area (Å²) in [4.78, 5) is 11.6. The van der Waals surface area contributed by atoms with Crippen LogP contribution in [0.3, 0.4) is 0 Å². The Balaban J connectivity index is 3.04. The molecular weight excluding hydrogens is 228 g/mol. The van der Waals surface area contributed by atoms with Gasteiger partial charge in [-0.1, -0.05) is 20.8 Å². The van der Waals surface area contributed by atoms with Gasteiger partial charge >= 0.3 is 5.97 Å². The molecule has 1 rings (SSSR count). The molecule has 0 aromatic carbocycles. The molecular formula is C10H16N2O3S. The molecule has 5 nitrogen and oxygen atoms in total. The van der Waals surface area contributed by atoms with E-state index < -0.39 is 12.0 Å². The number of aliphatic carboxylic acids is 1. The van der Waals surface area contributed by atoms with Gasteiger partial charge in [-0.3, -0.25) is 4.79 Å². The number of aromatic nitrogens is 1. The van der Waals surface area contributed by atoms with Crippen molar-refractivity contribution in [1.82, 2.24) is 4.37 Å². The van der Waals surface area contributed by atoms with E-state index in [9.17, 15) is 9.90 Å². The summed E-state index contributed by atoms with van der Waals surface area (Å²) in [5, 5.41) is 18.3. The van der Waals surface area contributed by atoms with Gasteiger partial charge in [0, 0.05) is 16.9 Å². The van der Waals surface area contributed by atoms with E-state index >= 15 is 0 Å². The Morgan fingerprint density at radius 2 is 2.12 bits per heavy atom. The van der Waals surface area contributed by atoms with Crippen LogP contribution < -0.4 is 5.73 Å². The highest BCUT2D eigenvalue weighted by molar-refractivity contribution is 7.06. The zero-order valence-electron chi connectivity index (χ0n) is 9.52. The Kier molecular flexibility index (Phi) is 3.54. The Bertz CT molecular complexity index is 395. The fourth-order valence-corrected chi connectivity index (χ4v) is 2.23. The van der Waals surface area contributed by atoms with Crippen LogP contribution in [0, 0.1) is 0 Å². The standard InChI is InChI=1S/C10H16N2O3S/c1-10(2,3)7-5(8(13)12-16-7)4-6(11)9(14)15/h6H,4,11H2,1-3H3,(H,12,13)(H,14,15)/t6-/m0/s1. The molecule has 6 heteroatoms. The van der Waals surface area contributed by atoms with E-state index in [2.05, 4.69) is 4.37 Å². The maximum Gasteiger partial charge on any atom is 0.320 e. The SMILES string of the molecule is CC(C)(C)c1snc(O)c1C[C@H](N)C(=O)O. The molecule has 16 heavy (non-hydrogen) atoms. The molecule has 0 aliphatic carbocycles. The summed E-state index contributed by atoms with van der Waals surface area (Å²) in [5.74, 6) is -1.18. The molecule has 0 aliphatic rings. The normalized spacial score (nSPS) is 13.8. The minimum Gasteiger partial charge on any atom is -0.492 e. The Hall–Kier alpha value is -1.14. The second kappa shape index (κ2) is 4.39. The highest BCUT2D eigenvalue weighted by Gasteiger charge is 2.26. The van der Waals surface area contributed by atoms with Crippen molar-refractivity contribution >= 4 is 17.5 Å². The smallest absolute Gasteiger partial charge is 0.320 e. The number of nitrogens with two attached hydrogens (primary N) is 1. The largest absolute Gasteiger partial charge is 0.492 e. The van der Waals surface area contributed by atoms with Crippen LogP contribution in [0.25, 0.3) is 0 Å². The number of rotatable bonds is 3. The average molecular weight is 244 g/mol.